The van der Waals surface area contributed by atoms with E-state index in [4.69, 9.17) is 5.26 Å². The Morgan fingerprint density at radius 1 is 1.06 bits per heavy atom. The average molecular weight is 229 g/mol. The SMILES string of the molecule is CC(C)(C#N)/C=C/C12CC3CC(CC(C3)C1)C2. The lowest BCUT2D eigenvalue weighted by Gasteiger charge is -2.56. The monoisotopic (exact) mass is 229 g/mol. The molecule has 0 amide bonds. The minimum absolute atomic E-state index is 0.288. The number of nitriles is 1. The first-order chi connectivity index (χ1) is 8.00. The molecule has 0 atom stereocenters. The quantitative estimate of drug-likeness (QED) is 0.647. The van der Waals surface area contributed by atoms with Crippen LogP contribution in [0.5, 0.6) is 0 Å². The van der Waals surface area contributed by atoms with E-state index in [1.54, 1.807) is 0 Å². The van der Waals surface area contributed by atoms with Gasteiger partial charge in [0, 0.05) is 0 Å². The molecule has 4 aliphatic rings. The highest BCUT2D eigenvalue weighted by Gasteiger charge is 2.49. The molecule has 4 fully saturated rings. The predicted octanol–water partition coefficient (Wildman–Crippen LogP) is 4.31. The zero-order chi connectivity index (χ0) is 12.1. The van der Waals surface area contributed by atoms with Gasteiger partial charge in [0.15, 0.2) is 0 Å². The largest absolute Gasteiger partial charge is 0.197 e. The molecular formula is C16H23N. The summed E-state index contributed by atoms with van der Waals surface area (Å²) in [4.78, 5) is 0. The van der Waals surface area contributed by atoms with Gasteiger partial charge in [0.05, 0.1) is 11.5 Å². The van der Waals surface area contributed by atoms with Crippen molar-refractivity contribution in [3.05, 3.63) is 12.2 Å². The molecule has 4 aliphatic carbocycles. The maximum absolute atomic E-state index is 9.11. The predicted molar refractivity (Wildman–Crippen MR) is 69.1 cm³/mol. The molecule has 1 heteroatoms. The average Bonchev–Trinajstić information content (AvgIpc) is 2.25. The first kappa shape index (κ1) is 11.3. The molecule has 0 spiro atoms. The fourth-order valence-corrected chi connectivity index (χ4v) is 4.80. The number of allylic oxidation sites excluding steroid dienone is 2. The van der Waals surface area contributed by atoms with Gasteiger partial charge in [0.1, 0.15) is 0 Å². The minimum atomic E-state index is -0.288. The molecule has 4 bridgehead atoms. The summed E-state index contributed by atoms with van der Waals surface area (Å²) in [6, 6.07) is 2.39. The summed E-state index contributed by atoms with van der Waals surface area (Å²) in [7, 11) is 0. The molecule has 4 saturated carbocycles. The molecule has 0 heterocycles. The molecule has 0 aromatic heterocycles. The van der Waals surface area contributed by atoms with Crippen LogP contribution >= 0.6 is 0 Å². The van der Waals surface area contributed by atoms with Crippen molar-refractivity contribution in [3.8, 4) is 6.07 Å². The maximum atomic E-state index is 9.11. The van der Waals surface area contributed by atoms with Crippen molar-refractivity contribution < 1.29 is 0 Å². The topological polar surface area (TPSA) is 23.8 Å². The Kier molecular flexibility index (Phi) is 2.41. The third-order valence-corrected chi connectivity index (χ3v) is 5.23. The van der Waals surface area contributed by atoms with Crippen molar-refractivity contribution in [2.45, 2.75) is 52.4 Å². The van der Waals surface area contributed by atoms with Crippen molar-refractivity contribution in [2.24, 2.45) is 28.6 Å². The van der Waals surface area contributed by atoms with E-state index >= 15 is 0 Å². The van der Waals surface area contributed by atoms with Gasteiger partial charge in [-0.2, -0.15) is 5.26 Å². The van der Waals surface area contributed by atoms with Gasteiger partial charge < -0.3 is 0 Å². The molecule has 0 unspecified atom stereocenters. The Morgan fingerprint density at radius 3 is 1.94 bits per heavy atom. The third kappa shape index (κ3) is 2.03. The summed E-state index contributed by atoms with van der Waals surface area (Å²) in [5.41, 5.74) is 0.187. The van der Waals surface area contributed by atoms with E-state index < -0.39 is 0 Å². The van der Waals surface area contributed by atoms with Crippen LogP contribution in [0.2, 0.25) is 0 Å². The smallest absolute Gasteiger partial charge is 0.0725 e. The molecule has 4 rings (SSSR count). The van der Waals surface area contributed by atoms with Crippen LogP contribution in [0.4, 0.5) is 0 Å². The normalized spacial score (nSPS) is 44.2. The Balaban J connectivity index is 1.81. The van der Waals surface area contributed by atoms with E-state index in [-0.39, 0.29) is 5.41 Å². The van der Waals surface area contributed by atoms with Gasteiger partial charge in [-0.3, -0.25) is 0 Å². The molecule has 0 aromatic rings. The van der Waals surface area contributed by atoms with E-state index in [1.807, 2.05) is 13.8 Å². The summed E-state index contributed by atoms with van der Waals surface area (Å²) < 4.78 is 0. The van der Waals surface area contributed by atoms with Crippen LogP contribution in [0, 0.1) is 39.9 Å². The fraction of sp³-hybridized carbons (Fsp3) is 0.812. The standard InChI is InChI=1S/C16H23N/c1-15(2,11-17)3-4-16-8-12-5-13(9-16)7-14(6-12)10-16/h3-4,12-14H,5-10H2,1-2H3/b4-3+. The van der Waals surface area contributed by atoms with Gasteiger partial charge in [-0.05, 0) is 75.5 Å². The zero-order valence-corrected chi connectivity index (χ0v) is 11.1. The Labute approximate surface area is 105 Å². The molecule has 0 radical (unpaired) electrons. The van der Waals surface area contributed by atoms with Crippen LogP contribution in [-0.2, 0) is 0 Å². The summed E-state index contributed by atoms with van der Waals surface area (Å²) in [6.07, 6.45) is 13.3. The minimum Gasteiger partial charge on any atom is -0.197 e. The van der Waals surface area contributed by atoms with Crippen molar-refractivity contribution >= 4 is 0 Å². The highest BCUT2D eigenvalue weighted by Crippen LogP contribution is 2.60. The third-order valence-electron chi connectivity index (χ3n) is 5.23. The van der Waals surface area contributed by atoms with Crippen molar-refractivity contribution in [2.75, 3.05) is 0 Å². The van der Waals surface area contributed by atoms with E-state index in [0.717, 1.165) is 17.8 Å². The summed E-state index contributed by atoms with van der Waals surface area (Å²) in [5, 5.41) is 9.11. The summed E-state index contributed by atoms with van der Waals surface area (Å²) in [5.74, 6) is 2.99. The molecule has 1 nitrogen and oxygen atoms in total. The number of hydrogen-bond donors (Lipinski definition) is 0. The highest BCUT2D eigenvalue weighted by atomic mass is 14.5. The maximum Gasteiger partial charge on any atom is 0.0725 e. The molecule has 92 valence electrons. The van der Waals surface area contributed by atoms with Crippen LogP contribution in [-0.4, -0.2) is 0 Å². The van der Waals surface area contributed by atoms with Gasteiger partial charge >= 0.3 is 0 Å². The highest BCUT2D eigenvalue weighted by molar-refractivity contribution is 5.16. The Hall–Kier alpha value is -0.770. The lowest BCUT2D eigenvalue weighted by atomic mass is 9.49. The lowest BCUT2D eigenvalue weighted by Crippen LogP contribution is -2.45. The van der Waals surface area contributed by atoms with Gasteiger partial charge in [-0.1, -0.05) is 12.2 Å². The second-order valence-electron chi connectivity index (χ2n) is 7.45. The molecule has 0 aromatic carbocycles. The van der Waals surface area contributed by atoms with Gasteiger partial charge in [0.2, 0.25) is 0 Å². The lowest BCUT2D eigenvalue weighted by molar-refractivity contribution is -0.0240. The fourth-order valence-electron chi connectivity index (χ4n) is 4.80. The van der Waals surface area contributed by atoms with Gasteiger partial charge in [0.25, 0.3) is 0 Å². The Bertz CT molecular complexity index is 348. The first-order valence-electron chi connectivity index (χ1n) is 7.12. The van der Waals surface area contributed by atoms with Gasteiger partial charge in [-0.25, -0.2) is 0 Å². The second kappa shape index (κ2) is 3.61. The van der Waals surface area contributed by atoms with Crippen LogP contribution in [0.15, 0.2) is 12.2 Å². The number of rotatable bonds is 2. The van der Waals surface area contributed by atoms with Crippen LogP contribution in [0.1, 0.15) is 52.4 Å². The number of nitrogens with zero attached hydrogens (tertiary/aromatic N) is 1. The summed E-state index contributed by atoms with van der Waals surface area (Å²) in [6.45, 7) is 4.04. The molecular weight excluding hydrogens is 206 g/mol. The molecule has 0 aliphatic heterocycles. The summed E-state index contributed by atoms with van der Waals surface area (Å²) >= 11 is 0. The molecule has 0 N–H and O–H groups in total. The number of hydrogen-bond acceptors (Lipinski definition) is 1. The zero-order valence-electron chi connectivity index (χ0n) is 11.1. The Morgan fingerprint density at radius 2 is 1.53 bits per heavy atom. The van der Waals surface area contributed by atoms with E-state index in [9.17, 15) is 0 Å². The molecule has 17 heavy (non-hydrogen) atoms. The van der Waals surface area contributed by atoms with Crippen molar-refractivity contribution in [1.82, 2.24) is 0 Å². The van der Waals surface area contributed by atoms with E-state index in [2.05, 4.69) is 18.2 Å². The first-order valence-corrected chi connectivity index (χ1v) is 7.12. The van der Waals surface area contributed by atoms with Crippen LogP contribution < -0.4 is 0 Å². The van der Waals surface area contributed by atoms with Crippen molar-refractivity contribution in [1.29, 1.82) is 5.26 Å². The van der Waals surface area contributed by atoms with E-state index in [0.29, 0.717) is 5.41 Å². The second-order valence-corrected chi connectivity index (χ2v) is 7.45. The molecule has 0 saturated heterocycles. The van der Waals surface area contributed by atoms with E-state index in [1.165, 1.54) is 38.5 Å². The van der Waals surface area contributed by atoms with Crippen LogP contribution in [0.25, 0.3) is 0 Å². The van der Waals surface area contributed by atoms with Gasteiger partial charge in [-0.15, -0.1) is 0 Å². The van der Waals surface area contributed by atoms with Crippen LogP contribution in [0.3, 0.4) is 0 Å². The van der Waals surface area contributed by atoms with Crippen molar-refractivity contribution in [3.63, 3.8) is 0 Å².